The molecule has 0 atom stereocenters. The van der Waals surface area contributed by atoms with Crippen LogP contribution in [0.2, 0.25) is 0 Å². The average molecular weight is 312 g/mol. The topological polar surface area (TPSA) is 57.5 Å². The molecule has 122 valence electrons. The molecule has 0 spiro atoms. The number of phenols is 1. The highest BCUT2D eigenvalue weighted by Crippen LogP contribution is 2.47. The van der Waals surface area contributed by atoms with Crippen LogP contribution < -0.4 is 0 Å². The van der Waals surface area contributed by atoms with Gasteiger partial charge in [0.1, 0.15) is 5.75 Å². The number of carboxylic acids is 1. The van der Waals surface area contributed by atoms with E-state index in [4.69, 9.17) is 0 Å². The molecule has 2 rings (SSSR count). The van der Waals surface area contributed by atoms with Crippen molar-refractivity contribution in [3.63, 3.8) is 0 Å². The van der Waals surface area contributed by atoms with Crippen molar-refractivity contribution in [3.8, 4) is 5.75 Å². The van der Waals surface area contributed by atoms with Crippen molar-refractivity contribution in [2.75, 3.05) is 0 Å². The number of hydrogen-bond donors (Lipinski definition) is 2. The van der Waals surface area contributed by atoms with Crippen LogP contribution in [0, 0.1) is 0 Å². The lowest BCUT2D eigenvalue weighted by molar-refractivity contribution is -0.145. The Hall–Kier alpha value is -1.65. The lowest BCUT2D eigenvalue weighted by atomic mass is 9.68. The van der Waals surface area contributed by atoms with Gasteiger partial charge in [-0.3, -0.25) is 4.79 Å². The highest BCUT2D eigenvalue weighted by atomic mass is 19.3. The van der Waals surface area contributed by atoms with Gasteiger partial charge in [-0.15, -0.1) is 0 Å². The Balaban J connectivity index is 2.68. The van der Waals surface area contributed by atoms with Gasteiger partial charge in [-0.05, 0) is 30.4 Å². The molecule has 0 bridgehead atoms. The predicted molar refractivity (Wildman–Crippen MR) is 79.6 cm³/mol. The van der Waals surface area contributed by atoms with Gasteiger partial charge in [0.05, 0.1) is 11.0 Å². The van der Waals surface area contributed by atoms with E-state index < -0.39 is 29.1 Å². The molecule has 0 radical (unpaired) electrons. The van der Waals surface area contributed by atoms with Gasteiger partial charge in [0.15, 0.2) is 0 Å². The van der Waals surface area contributed by atoms with Gasteiger partial charge in [-0.1, -0.05) is 39.2 Å². The van der Waals surface area contributed by atoms with Crippen LogP contribution in [0.1, 0.15) is 75.0 Å². The highest BCUT2D eigenvalue weighted by molar-refractivity contribution is 5.83. The van der Waals surface area contributed by atoms with Crippen LogP contribution in [0.4, 0.5) is 8.78 Å². The third-order valence-corrected chi connectivity index (χ3v) is 4.70. The lowest BCUT2D eigenvalue weighted by Gasteiger charge is -2.35. The molecule has 0 unspecified atom stereocenters. The second-order valence-electron chi connectivity index (χ2n) is 6.41. The number of hydrogen-bond acceptors (Lipinski definition) is 2. The van der Waals surface area contributed by atoms with E-state index in [0.717, 1.165) is 19.3 Å². The summed E-state index contributed by atoms with van der Waals surface area (Å²) in [6, 6.07) is 2.89. The first-order valence-corrected chi connectivity index (χ1v) is 7.68. The SMILES string of the molecule is CC(C)c1cc(C(F)F)c(O)c(C2(C(=O)O)CCCCC2)c1. The summed E-state index contributed by atoms with van der Waals surface area (Å²) < 4.78 is 26.5. The van der Waals surface area contributed by atoms with Crippen molar-refractivity contribution >= 4 is 5.97 Å². The minimum atomic E-state index is -2.83. The maximum atomic E-state index is 13.2. The molecule has 0 amide bonds. The Kier molecular flexibility index (Phi) is 4.73. The predicted octanol–water partition coefficient (Wildman–Crippen LogP) is 4.74. The van der Waals surface area contributed by atoms with Crippen LogP contribution in [0.15, 0.2) is 12.1 Å². The number of halogens is 2. The van der Waals surface area contributed by atoms with E-state index in [2.05, 4.69) is 0 Å². The Morgan fingerprint density at radius 1 is 1.18 bits per heavy atom. The van der Waals surface area contributed by atoms with Crippen molar-refractivity contribution in [1.82, 2.24) is 0 Å². The summed E-state index contributed by atoms with van der Waals surface area (Å²) in [6.07, 6.45) is 0.303. The van der Waals surface area contributed by atoms with E-state index >= 15 is 0 Å². The number of carbonyl (C=O) groups is 1. The van der Waals surface area contributed by atoms with Gasteiger partial charge in [-0.25, -0.2) is 8.78 Å². The quantitative estimate of drug-likeness (QED) is 0.844. The zero-order valence-electron chi connectivity index (χ0n) is 12.9. The van der Waals surface area contributed by atoms with Crippen molar-refractivity contribution in [3.05, 3.63) is 28.8 Å². The maximum absolute atomic E-state index is 13.2. The summed E-state index contributed by atoms with van der Waals surface area (Å²) in [6.45, 7) is 3.72. The van der Waals surface area contributed by atoms with Crippen LogP contribution in [-0.4, -0.2) is 16.2 Å². The molecule has 1 aromatic rings. The molecule has 1 aromatic carbocycles. The molecule has 5 heteroatoms. The molecule has 22 heavy (non-hydrogen) atoms. The summed E-state index contributed by atoms with van der Waals surface area (Å²) in [7, 11) is 0. The summed E-state index contributed by atoms with van der Waals surface area (Å²) in [5.41, 5.74) is -0.931. The number of phenolic OH excluding ortho intramolecular Hbond substituents is 1. The van der Waals surface area contributed by atoms with Gasteiger partial charge >= 0.3 is 5.97 Å². The molecule has 3 nitrogen and oxygen atoms in total. The van der Waals surface area contributed by atoms with Gasteiger partial charge in [0, 0.05) is 5.56 Å². The standard InChI is InChI=1S/C17H22F2O3/c1-10(2)11-8-12(15(18)19)14(20)13(9-11)17(16(21)22)6-4-3-5-7-17/h8-10,15,20H,3-7H2,1-2H3,(H,21,22). The van der Waals surface area contributed by atoms with Crippen LogP contribution >= 0.6 is 0 Å². The van der Waals surface area contributed by atoms with Crippen LogP contribution in [-0.2, 0) is 10.2 Å². The number of rotatable bonds is 4. The van der Waals surface area contributed by atoms with Crippen molar-refractivity contribution in [1.29, 1.82) is 0 Å². The maximum Gasteiger partial charge on any atom is 0.314 e. The molecule has 0 saturated heterocycles. The summed E-state index contributed by atoms with van der Waals surface area (Å²) in [5.74, 6) is -1.61. The minimum Gasteiger partial charge on any atom is -0.507 e. The van der Waals surface area contributed by atoms with E-state index in [-0.39, 0.29) is 11.5 Å². The monoisotopic (exact) mass is 312 g/mol. The van der Waals surface area contributed by atoms with E-state index in [1.54, 1.807) is 6.07 Å². The molecule has 1 aliphatic carbocycles. The van der Waals surface area contributed by atoms with E-state index in [1.165, 1.54) is 6.07 Å². The fourth-order valence-corrected chi connectivity index (χ4v) is 3.30. The largest absolute Gasteiger partial charge is 0.507 e. The zero-order chi connectivity index (χ0) is 16.5. The molecule has 1 fully saturated rings. The molecule has 1 saturated carbocycles. The van der Waals surface area contributed by atoms with E-state index in [1.807, 2.05) is 13.8 Å². The first-order chi connectivity index (χ1) is 10.3. The van der Waals surface area contributed by atoms with Gasteiger partial charge < -0.3 is 10.2 Å². The first kappa shape index (κ1) is 16.7. The summed E-state index contributed by atoms with van der Waals surface area (Å²) in [5, 5.41) is 20.0. The zero-order valence-corrected chi connectivity index (χ0v) is 12.9. The number of benzene rings is 1. The van der Waals surface area contributed by atoms with Gasteiger partial charge in [0.25, 0.3) is 6.43 Å². The third kappa shape index (κ3) is 2.81. The van der Waals surface area contributed by atoms with Crippen molar-refractivity contribution in [2.24, 2.45) is 0 Å². The average Bonchev–Trinajstić information content (AvgIpc) is 2.47. The fourth-order valence-electron chi connectivity index (χ4n) is 3.30. The second-order valence-corrected chi connectivity index (χ2v) is 6.41. The normalized spacial score (nSPS) is 17.9. The summed E-state index contributed by atoms with van der Waals surface area (Å²) in [4.78, 5) is 11.9. The van der Waals surface area contributed by atoms with Crippen LogP contribution in [0.25, 0.3) is 0 Å². The second kappa shape index (κ2) is 6.23. The van der Waals surface area contributed by atoms with E-state index in [9.17, 15) is 23.8 Å². The molecular weight excluding hydrogens is 290 g/mol. The lowest BCUT2D eigenvalue weighted by Crippen LogP contribution is -2.38. The number of alkyl halides is 2. The Bertz CT molecular complexity index is 561. The Morgan fingerprint density at radius 3 is 2.23 bits per heavy atom. The fraction of sp³-hybridized carbons (Fsp3) is 0.588. The molecule has 0 aromatic heterocycles. The minimum absolute atomic E-state index is 0.0220. The molecule has 2 N–H and O–H groups in total. The number of carboxylic acid groups (broad SMARTS) is 1. The first-order valence-electron chi connectivity index (χ1n) is 7.68. The smallest absolute Gasteiger partial charge is 0.314 e. The molecular formula is C17H22F2O3. The third-order valence-electron chi connectivity index (χ3n) is 4.70. The van der Waals surface area contributed by atoms with E-state index in [0.29, 0.717) is 18.4 Å². The van der Waals surface area contributed by atoms with Crippen LogP contribution in [0.5, 0.6) is 5.75 Å². The molecule has 0 heterocycles. The summed E-state index contributed by atoms with van der Waals surface area (Å²) >= 11 is 0. The Labute approximate surface area is 129 Å². The number of aliphatic carboxylic acids is 1. The highest BCUT2D eigenvalue weighted by Gasteiger charge is 2.44. The van der Waals surface area contributed by atoms with Gasteiger partial charge in [0.2, 0.25) is 0 Å². The molecule has 0 aliphatic heterocycles. The van der Waals surface area contributed by atoms with Crippen molar-refractivity contribution in [2.45, 2.75) is 63.7 Å². The van der Waals surface area contributed by atoms with Gasteiger partial charge in [-0.2, -0.15) is 0 Å². The Morgan fingerprint density at radius 2 is 1.77 bits per heavy atom. The van der Waals surface area contributed by atoms with Crippen LogP contribution in [0.3, 0.4) is 0 Å². The molecule has 1 aliphatic rings. The van der Waals surface area contributed by atoms with Crippen molar-refractivity contribution < 1.29 is 23.8 Å². The number of aromatic hydroxyl groups is 1.